The van der Waals surface area contributed by atoms with E-state index < -0.39 is 49.0 Å². The molecule has 0 unspecified atom stereocenters. The molecule has 7 N–H and O–H groups in total. The average Bonchev–Trinajstić information content (AvgIpc) is 3.36. The summed E-state index contributed by atoms with van der Waals surface area (Å²) >= 11 is 5.34. The van der Waals surface area contributed by atoms with Crippen LogP contribution >= 0.6 is 12.2 Å². The van der Waals surface area contributed by atoms with Gasteiger partial charge < -0.3 is 55.1 Å². The molecule has 12 heteroatoms. The highest BCUT2D eigenvalue weighted by molar-refractivity contribution is 7.80. The zero-order chi connectivity index (χ0) is 50.7. The molecular formula is C58H108N2O9S. The van der Waals surface area contributed by atoms with Gasteiger partial charge in [0.1, 0.15) is 36.8 Å². The molecule has 410 valence electrons. The molecule has 1 aromatic carbocycles. The van der Waals surface area contributed by atoms with Crippen molar-refractivity contribution in [2.45, 2.75) is 300 Å². The molecule has 8 atom stereocenters. The van der Waals surface area contributed by atoms with Crippen LogP contribution in [-0.4, -0.2) is 107 Å². The van der Waals surface area contributed by atoms with E-state index in [1.165, 1.54) is 193 Å². The normalized spacial score (nSPS) is 19.5. The fourth-order valence-corrected chi connectivity index (χ4v) is 9.88. The number of rotatable bonds is 48. The van der Waals surface area contributed by atoms with E-state index in [1.807, 2.05) is 0 Å². The molecule has 1 aliphatic heterocycles. The predicted molar refractivity (Wildman–Crippen MR) is 294 cm³/mol. The Bertz CT molecular complexity index is 1330. The maximum atomic E-state index is 11.4. The van der Waals surface area contributed by atoms with Gasteiger partial charge in [-0.3, -0.25) is 0 Å². The average molecular weight is 1010 g/mol. The van der Waals surface area contributed by atoms with Crippen molar-refractivity contribution in [2.24, 2.45) is 0 Å². The maximum Gasteiger partial charge on any atom is 0.261 e. The minimum atomic E-state index is -1.57. The third-order valence-corrected chi connectivity index (χ3v) is 14.6. The van der Waals surface area contributed by atoms with E-state index in [9.17, 15) is 25.5 Å². The lowest BCUT2D eigenvalue weighted by molar-refractivity contribution is -0.302. The number of unbranched alkanes of at least 4 members (excludes halogenated alkanes) is 34. The Morgan fingerprint density at radius 1 is 0.586 bits per heavy atom. The monoisotopic (exact) mass is 1010 g/mol. The van der Waals surface area contributed by atoms with Crippen molar-refractivity contribution < 1.29 is 44.5 Å². The highest BCUT2D eigenvalue weighted by atomic mass is 32.1. The Labute approximate surface area is 433 Å². The van der Waals surface area contributed by atoms with Crippen LogP contribution < -0.4 is 15.4 Å². The molecule has 1 fully saturated rings. The molecule has 0 bridgehead atoms. The Kier molecular flexibility index (Phi) is 41.3. The molecule has 70 heavy (non-hydrogen) atoms. The van der Waals surface area contributed by atoms with Gasteiger partial charge in [0.2, 0.25) is 0 Å². The van der Waals surface area contributed by atoms with Crippen LogP contribution in [0.3, 0.4) is 0 Å². The number of anilines is 1. The van der Waals surface area contributed by atoms with Crippen LogP contribution in [0, 0.1) is 0 Å². The molecule has 0 aliphatic carbocycles. The fourth-order valence-electron chi connectivity index (χ4n) is 9.69. The van der Waals surface area contributed by atoms with E-state index in [1.54, 1.807) is 31.4 Å². The zero-order valence-corrected chi connectivity index (χ0v) is 45.8. The molecule has 0 spiro atoms. The molecule has 2 rings (SSSR count). The number of hydrogen-bond donors (Lipinski definition) is 7. The first-order chi connectivity index (χ1) is 34.2. The van der Waals surface area contributed by atoms with Crippen molar-refractivity contribution >= 4 is 23.1 Å². The largest absolute Gasteiger partial charge is 0.497 e. The molecule has 0 radical (unpaired) electrons. The van der Waals surface area contributed by atoms with Crippen molar-refractivity contribution in [3.05, 3.63) is 24.3 Å². The van der Waals surface area contributed by atoms with Crippen LogP contribution in [-0.2, 0) is 14.2 Å². The van der Waals surface area contributed by atoms with Gasteiger partial charge in [0.05, 0.1) is 32.0 Å². The van der Waals surface area contributed by atoms with Gasteiger partial charge >= 0.3 is 0 Å². The molecule has 1 saturated heterocycles. The van der Waals surface area contributed by atoms with Crippen LogP contribution in [0.5, 0.6) is 5.75 Å². The molecule has 0 amide bonds. The lowest BCUT2D eigenvalue weighted by Gasteiger charge is -2.40. The second-order valence-electron chi connectivity index (χ2n) is 20.7. The van der Waals surface area contributed by atoms with Crippen molar-refractivity contribution in [3.8, 4) is 5.75 Å². The number of thiocarbonyl (C=S) groups is 1. The molecule has 1 aromatic rings. The highest BCUT2D eigenvalue weighted by Crippen LogP contribution is 2.25. The molecule has 1 aliphatic rings. The number of ether oxygens (including phenoxy) is 4. The van der Waals surface area contributed by atoms with Gasteiger partial charge in [-0.2, -0.15) is 0 Å². The minimum absolute atomic E-state index is 0.0254. The summed E-state index contributed by atoms with van der Waals surface area (Å²) in [6.07, 6.45) is 38.4. The molecule has 1 heterocycles. The van der Waals surface area contributed by atoms with Gasteiger partial charge in [-0.05, 0) is 43.7 Å². The minimum Gasteiger partial charge on any atom is -0.497 e. The van der Waals surface area contributed by atoms with Gasteiger partial charge in [-0.15, -0.1) is 0 Å². The van der Waals surface area contributed by atoms with Gasteiger partial charge in [0.25, 0.3) is 5.17 Å². The van der Waals surface area contributed by atoms with Crippen LogP contribution in [0.2, 0.25) is 0 Å². The first-order valence-corrected chi connectivity index (χ1v) is 29.6. The highest BCUT2D eigenvalue weighted by Gasteiger charge is 2.45. The van der Waals surface area contributed by atoms with Crippen molar-refractivity contribution in [2.75, 3.05) is 32.2 Å². The van der Waals surface area contributed by atoms with E-state index in [2.05, 4.69) is 24.5 Å². The summed E-state index contributed by atoms with van der Waals surface area (Å²) in [4.78, 5) is 0. The summed E-state index contributed by atoms with van der Waals surface area (Å²) in [5.74, 6) is 0.641. The summed E-state index contributed by atoms with van der Waals surface area (Å²) in [6, 6.07) is 6.51. The zero-order valence-electron chi connectivity index (χ0n) is 45.0. The number of aliphatic hydroxyl groups is 5. The van der Waals surface area contributed by atoms with Crippen LogP contribution in [0.25, 0.3) is 0 Å². The van der Waals surface area contributed by atoms with Crippen molar-refractivity contribution in [1.82, 2.24) is 5.32 Å². The number of methoxy groups -OCH3 is 1. The van der Waals surface area contributed by atoms with E-state index in [0.717, 1.165) is 38.5 Å². The molecule has 11 nitrogen and oxygen atoms in total. The Hall–Kier alpha value is -1.61. The third-order valence-electron chi connectivity index (χ3n) is 14.4. The van der Waals surface area contributed by atoms with Gasteiger partial charge in [-0.25, -0.2) is 0 Å². The van der Waals surface area contributed by atoms with Crippen LogP contribution in [0.1, 0.15) is 251 Å². The molecular weight excluding hydrogens is 901 g/mol. The first-order valence-electron chi connectivity index (χ1n) is 29.2. The quantitative estimate of drug-likeness (QED) is 0.0245. The maximum absolute atomic E-state index is 11.4. The standard InChI is InChI=1S/C58H108N2O9S/c1-4-6-8-10-12-14-16-18-19-20-21-22-23-24-25-26-27-28-29-31-33-35-37-39-44-59-50(53(62)51(61)43-38-36-34-32-30-17-15-13-11-9-7-5-2)46-67-57-56(65)55(64)54(63)52(69-57)47-68-58(70)60-48-41-40-42-49(45-48)66-3/h40-42,45,50-57,59,61-65H,4-39,43-44,46-47H2,1-3H3,(H,60,70)/t50-,51+,52+,53-,54-,55-,56+,57+/m0/s1. The lowest BCUT2D eigenvalue weighted by atomic mass is 9.98. The smallest absolute Gasteiger partial charge is 0.261 e. The summed E-state index contributed by atoms with van der Waals surface area (Å²) < 4.78 is 22.9. The third kappa shape index (κ3) is 32.5. The SMILES string of the molecule is CCCCCCCCCCCCCCCCCCCCCCCCCCN[C@@H](CO[C@@H]1O[C@H](COC(=S)Nc2cccc(OC)c2)[C@H](O)[C@H](O)[C@H]1O)[C@H](O)[C@H](O)CCCCCCCCCCCCCC. The number of nitrogens with one attached hydrogen (secondary N) is 2. The van der Waals surface area contributed by atoms with Gasteiger partial charge in [-0.1, -0.05) is 245 Å². The van der Waals surface area contributed by atoms with Gasteiger partial charge in [0, 0.05) is 11.8 Å². The Morgan fingerprint density at radius 2 is 1.01 bits per heavy atom. The summed E-state index contributed by atoms with van der Waals surface area (Å²) in [5.41, 5.74) is 0.648. The first kappa shape index (κ1) is 64.5. The Morgan fingerprint density at radius 3 is 1.46 bits per heavy atom. The van der Waals surface area contributed by atoms with E-state index in [-0.39, 0.29) is 18.4 Å². The fraction of sp³-hybridized carbons (Fsp3) is 0.879. The number of hydrogen-bond acceptors (Lipinski definition) is 11. The number of aliphatic hydroxyl groups excluding tert-OH is 5. The second-order valence-corrected chi connectivity index (χ2v) is 21.1. The van der Waals surface area contributed by atoms with Crippen molar-refractivity contribution in [1.29, 1.82) is 0 Å². The molecule has 0 aromatic heterocycles. The van der Waals surface area contributed by atoms with E-state index in [0.29, 0.717) is 24.4 Å². The van der Waals surface area contributed by atoms with Crippen LogP contribution in [0.4, 0.5) is 5.69 Å². The second kappa shape index (κ2) is 44.8. The van der Waals surface area contributed by atoms with Crippen LogP contribution in [0.15, 0.2) is 24.3 Å². The molecule has 0 saturated carbocycles. The van der Waals surface area contributed by atoms with Crippen molar-refractivity contribution in [3.63, 3.8) is 0 Å². The number of benzene rings is 1. The van der Waals surface area contributed by atoms with E-state index >= 15 is 0 Å². The van der Waals surface area contributed by atoms with Gasteiger partial charge in [0.15, 0.2) is 6.29 Å². The summed E-state index contributed by atoms with van der Waals surface area (Å²) in [7, 11) is 1.57. The lowest BCUT2D eigenvalue weighted by Crippen LogP contribution is -2.60. The summed E-state index contributed by atoms with van der Waals surface area (Å²) in [5, 5.41) is 61.4. The summed E-state index contributed by atoms with van der Waals surface area (Å²) in [6.45, 7) is 4.87. The topological polar surface area (TPSA) is 162 Å². The Balaban J connectivity index is 1.70. The predicted octanol–water partition coefficient (Wildman–Crippen LogP) is 13.4. The van der Waals surface area contributed by atoms with E-state index in [4.69, 9.17) is 31.2 Å².